The highest BCUT2D eigenvalue weighted by Gasteiger charge is 1.99. The van der Waals surface area contributed by atoms with Crippen molar-refractivity contribution in [2.75, 3.05) is 20.3 Å². The van der Waals surface area contributed by atoms with Gasteiger partial charge in [-0.1, -0.05) is 6.92 Å². The van der Waals surface area contributed by atoms with Crippen molar-refractivity contribution in [3.63, 3.8) is 0 Å². The van der Waals surface area contributed by atoms with Crippen molar-refractivity contribution in [3.8, 4) is 0 Å². The Labute approximate surface area is 104 Å². The summed E-state index contributed by atoms with van der Waals surface area (Å²) in [5.41, 5.74) is 1.28. The molecule has 0 aliphatic carbocycles. The summed E-state index contributed by atoms with van der Waals surface area (Å²) in [6, 6.07) is 0. The van der Waals surface area contributed by atoms with Crippen LogP contribution in [0.15, 0.2) is 12.5 Å². The van der Waals surface area contributed by atoms with Gasteiger partial charge in [-0.3, -0.25) is 0 Å². The van der Waals surface area contributed by atoms with Gasteiger partial charge >= 0.3 is 0 Å². The predicted molar refractivity (Wildman–Crippen MR) is 70.0 cm³/mol. The van der Waals surface area contributed by atoms with Gasteiger partial charge in [0.2, 0.25) is 0 Å². The van der Waals surface area contributed by atoms with Gasteiger partial charge in [0.05, 0.1) is 12.0 Å². The first-order valence-corrected chi connectivity index (χ1v) is 6.57. The Kier molecular flexibility index (Phi) is 7.67. The molecule has 1 rings (SSSR count). The summed E-state index contributed by atoms with van der Waals surface area (Å²) in [7, 11) is 1.76. The fraction of sp³-hybridized carbons (Fsp3) is 0.769. The third kappa shape index (κ3) is 5.84. The molecule has 0 aromatic carbocycles. The number of nitrogens with one attached hydrogen (secondary N) is 1. The van der Waals surface area contributed by atoms with E-state index < -0.39 is 0 Å². The van der Waals surface area contributed by atoms with Crippen molar-refractivity contribution in [1.29, 1.82) is 0 Å². The van der Waals surface area contributed by atoms with E-state index in [4.69, 9.17) is 4.74 Å². The second-order valence-electron chi connectivity index (χ2n) is 4.31. The molecule has 1 N–H and O–H groups in total. The number of rotatable bonds is 10. The van der Waals surface area contributed by atoms with Crippen LogP contribution in [0, 0.1) is 0 Å². The SMILES string of the molecule is CCCn1cncc1CNCCCCCOC. The third-order valence-corrected chi connectivity index (χ3v) is 2.77. The number of methoxy groups -OCH3 is 1. The van der Waals surface area contributed by atoms with Crippen molar-refractivity contribution in [2.24, 2.45) is 0 Å². The molecular weight excluding hydrogens is 214 g/mol. The minimum Gasteiger partial charge on any atom is -0.385 e. The van der Waals surface area contributed by atoms with E-state index in [1.54, 1.807) is 7.11 Å². The first-order valence-electron chi connectivity index (χ1n) is 6.57. The topological polar surface area (TPSA) is 39.1 Å². The highest BCUT2D eigenvalue weighted by atomic mass is 16.5. The molecule has 0 bridgehead atoms. The van der Waals surface area contributed by atoms with Gasteiger partial charge in [0.15, 0.2) is 0 Å². The zero-order chi connectivity index (χ0) is 12.3. The number of hydrogen-bond donors (Lipinski definition) is 1. The summed E-state index contributed by atoms with van der Waals surface area (Å²) in [5, 5.41) is 3.46. The molecule has 0 atom stereocenters. The summed E-state index contributed by atoms with van der Waals surface area (Å²) in [4.78, 5) is 4.19. The smallest absolute Gasteiger partial charge is 0.0948 e. The second-order valence-corrected chi connectivity index (χ2v) is 4.31. The summed E-state index contributed by atoms with van der Waals surface area (Å²) in [6.45, 7) is 6.12. The lowest BCUT2D eigenvalue weighted by Gasteiger charge is -2.08. The van der Waals surface area contributed by atoms with Crippen LogP contribution < -0.4 is 5.32 Å². The summed E-state index contributed by atoms with van der Waals surface area (Å²) in [6.07, 6.45) is 8.62. The quantitative estimate of drug-likeness (QED) is 0.636. The van der Waals surface area contributed by atoms with E-state index >= 15 is 0 Å². The van der Waals surface area contributed by atoms with Crippen LogP contribution in [0.4, 0.5) is 0 Å². The molecule has 0 radical (unpaired) electrons. The Morgan fingerprint density at radius 3 is 3.00 bits per heavy atom. The number of ether oxygens (including phenoxy) is 1. The summed E-state index contributed by atoms with van der Waals surface area (Å²) in [5.74, 6) is 0. The molecule has 0 fully saturated rings. The van der Waals surface area contributed by atoms with E-state index in [9.17, 15) is 0 Å². The van der Waals surface area contributed by atoms with Crippen molar-refractivity contribution in [2.45, 2.75) is 45.7 Å². The maximum atomic E-state index is 5.02. The Bertz CT molecular complexity index is 286. The monoisotopic (exact) mass is 239 g/mol. The number of imidazole rings is 1. The molecule has 0 aliphatic heterocycles. The average molecular weight is 239 g/mol. The van der Waals surface area contributed by atoms with Crippen LogP contribution in [-0.2, 0) is 17.8 Å². The Balaban J connectivity index is 2.07. The molecule has 17 heavy (non-hydrogen) atoms. The first kappa shape index (κ1) is 14.2. The Morgan fingerprint density at radius 2 is 2.24 bits per heavy atom. The fourth-order valence-electron chi connectivity index (χ4n) is 1.83. The minimum absolute atomic E-state index is 0.878. The molecule has 4 nitrogen and oxygen atoms in total. The van der Waals surface area contributed by atoms with E-state index in [0.29, 0.717) is 0 Å². The predicted octanol–water partition coefficient (Wildman–Crippen LogP) is 2.20. The highest BCUT2D eigenvalue weighted by molar-refractivity contribution is 4.97. The van der Waals surface area contributed by atoms with Gasteiger partial charge in [-0.05, 0) is 32.2 Å². The fourth-order valence-corrected chi connectivity index (χ4v) is 1.83. The van der Waals surface area contributed by atoms with Crippen LogP contribution >= 0.6 is 0 Å². The average Bonchev–Trinajstić information content (AvgIpc) is 2.76. The Morgan fingerprint density at radius 1 is 1.35 bits per heavy atom. The molecule has 0 spiro atoms. The zero-order valence-corrected chi connectivity index (χ0v) is 11.1. The maximum absolute atomic E-state index is 5.02. The molecule has 0 unspecified atom stereocenters. The van der Waals surface area contributed by atoms with Gasteiger partial charge in [-0.15, -0.1) is 0 Å². The lowest BCUT2D eigenvalue weighted by molar-refractivity contribution is 0.192. The second kappa shape index (κ2) is 9.19. The molecule has 1 heterocycles. The maximum Gasteiger partial charge on any atom is 0.0948 e. The van der Waals surface area contributed by atoms with E-state index in [0.717, 1.165) is 39.1 Å². The van der Waals surface area contributed by atoms with Crippen LogP contribution in [-0.4, -0.2) is 29.8 Å². The lowest BCUT2D eigenvalue weighted by atomic mass is 10.2. The third-order valence-electron chi connectivity index (χ3n) is 2.77. The standard InChI is InChI=1S/C13H25N3O/c1-3-8-16-12-15-11-13(16)10-14-7-5-4-6-9-17-2/h11-12,14H,3-10H2,1-2H3. The number of nitrogens with zero attached hydrogens (tertiary/aromatic N) is 2. The molecule has 0 saturated heterocycles. The van der Waals surface area contributed by atoms with E-state index in [1.807, 2.05) is 12.5 Å². The van der Waals surface area contributed by atoms with Crippen LogP contribution in [0.3, 0.4) is 0 Å². The Hall–Kier alpha value is -0.870. The minimum atomic E-state index is 0.878. The van der Waals surface area contributed by atoms with Gasteiger partial charge in [-0.25, -0.2) is 4.98 Å². The van der Waals surface area contributed by atoms with E-state index in [2.05, 4.69) is 21.8 Å². The molecule has 1 aromatic rings. The van der Waals surface area contributed by atoms with Gasteiger partial charge in [-0.2, -0.15) is 0 Å². The summed E-state index contributed by atoms with van der Waals surface area (Å²) >= 11 is 0. The highest BCUT2D eigenvalue weighted by Crippen LogP contribution is 2.01. The van der Waals surface area contributed by atoms with Crippen LogP contribution in [0.2, 0.25) is 0 Å². The van der Waals surface area contributed by atoms with E-state index in [-0.39, 0.29) is 0 Å². The zero-order valence-electron chi connectivity index (χ0n) is 11.1. The van der Waals surface area contributed by atoms with Gasteiger partial charge in [0.1, 0.15) is 0 Å². The molecule has 98 valence electrons. The molecule has 0 aliphatic rings. The molecule has 1 aromatic heterocycles. The van der Waals surface area contributed by atoms with Gasteiger partial charge in [0.25, 0.3) is 0 Å². The van der Waals surface area contributed by atoms with Crippen LogP contribution in [0.5, 0.6) is 0 Å². The number of aryl methyl sites for hydroxylation is 1. The van der Waals surface area contributed by atoms with Gasteiger partial charge < -0.3 is 14.6 Å². The molecular formula is C13H25N3O. The van der Waals surface area contributed by atoms with E-state index in [1.165, 1.54) is 18.5 Å². The molecule has 0 saturated carbocycles. The van der Waals surface area contributed by atoms with Crippen molar-refractivity contribution < 1.29 is 4.74 Å². The lowest BCUT2D eigenvalue weighted by Crippen LogP contribution is -2.17. The summed E-state index contributed by atoms with van der Waals surface area (Å²) < 4.78 is 7.24. The number of unbranched alkanes of at least 4 members (excludes halogenated alkanes) is 2. The number of aromatic nitrogens is 2. The largest absolute Gasteiger partial charge is 0.385 e. The molecule has 4 heteroatoms. The van der Waals surface area contributed by atoms with Crippen molar-refractivity contribution in [1.82, 2.24) is 14.9 Å². The molecule has 0 amide bonds. The number of hydrogen-bond acceptors (Lipinski definition) is 3. The van der Waals surface area contributed by atoms with Gasteiger partial charge in [0, 0.05) is 33.0 Å². The van der Waals surface area contributed by atoms with Crippen LogP contribution in [0.1, 0.15) is 38.3 Å². The van der Waals surface area contributed by atoms with Crippen molar-refractivity contribution in [3.05, 3.63) is 18.2 Å². The van der Waals surface area contributed by atoms with Crippen LogP contribution in [0.25, 0.3) is 0 Å². The first-order chi connectivity index (χ1) is 8.38. The normalized spacial score (nSPS) is 10.9. The van der Waals surface area contributed by atoms with Crippen molar-refractivity contribution >= 4 is 0 Å².